The maximum atomic E-state index is 13.5. The van der Waals surface area contributed by atoms with Gasteiger partial charge in [0.1, 0.15) is 11.5 Å². The molecular weight excluding hydrogens is 287 g/mol. The van der Waals surface area contributed by atoms with Crippen molar-refractivity contribution in [2.75, 3.05) is 0 Å². The second kappa shape index (κ2) is 6.07. The fraction of sp³-hybridized carbons (Fsp3) is 0.300. The van der Waals surface area contributed by atoms with E-state index in [1.807, 2.05) is 30.9 Å². The molecule has 0 N–H and O–H groups in total. The van der Waals surface area contributed by atoms with Crippen LogP contribution in [0.2, 0.25) is 0 Å². The monoisotopic (exact) mass is 309 g/mol. The molecule has 0 atom stereocenters. The van der Waals surface area contributed by atoms with Gasteiger partial charge in [-0.2, -0.15) is 0 Å². The lowest BCUT2D eigenvalue weighted by atomic mass is 9.96. The lowest BCUT2D eigenvalue weighted by Gasteiger charge is -2.11. The Kier molecular flexibility index (Phi) is 4.12. The van der Waals surface area contributed by atoms with Gasteiger partial charge >= 0.3 is 0 Å². The third-order valence-corrected chi connectivity index (χ3v) is 4.16. The van der Waals surface area contributed by atoms with E-state index < -0.39 is 0 Å². The summed E-state index contributed by atoms with van der Waals surface area (Å²) in [5.41, 5.74) is 5.36. The molecule has 0 aliphatic heterocycles. The van der Waals surface area contributed by atoms with E-state index in [0.717, 1.165) is 34.1 Å². The van der Waals surface area contributed by atoms with E-state index in [4.69, 9.17) is 0 Å². The van der Waals surface area contributed by atoms with Crippen LogP contribution in [-0.2, 0) is 13.5 Å². The number of hydrogen-bond acceptors (Lipinski definition) is 1. The minimum absolute atomic E-state index is 0.201. The van der Waals surface area contributed by atoms with E-state index >= 15 is 0 Å². The molecular formula is C20H22FN2+. The molecule has 0 radical (unpaired) electrons. The van der Waals surface area contributed by atoms with Crippen molar-refractivity contribution in [1.29, 1.82) is 0 Å². The highest BCUT2D eigenvalue weighted by Crippen LogP contribution is 2.29. The van der Waals surface area contributed by atoms with Gasteiger partial charge in [0.25, 0.3) is 6.33 Å². The standard InChI is InChI=1S/C20H22FN2/c1-13(2)10-15-6-5-7-18-19(15)22-12-23(4)20(18)17-9-8-16(21)11-14(17)3/h5-9,11-13H,10H2,1-4H3/q+1. The van der Waals surface area contributed by atoms with Crippen LogP contribution < -0.4 is 4.57 Å². The van der Waals surface area contributed by atoms with E-state index in [9.17, 15) is 4.39 Å². The van der Waals surface area contributed by atoms with Crippen LogP contribution in [0.4, 0.5) is 4.39 Å². The van der Waals surface area contributed by atoms with Gasteiger partial charge in [0.15, 0.2) is 5.52 Å². The highest BCUT2D eigenvalue weighted by Gasteiger charge is 2.19. The van der Waals surface area contributed by atoms with Crippen molar-refractivity contribution in [3.8, 4) is 11.3 Å². The zero-order chi connectivity index (χ0) is 16.6. The Hall–Kier alpha value is -2.29. The van der Waals surface area contributed by atoms with E-state index in [1.165, 1.54) is 11.6 Å². The number of rotatable bonds is 3. The normalized spacial score (nSPS) is 11.4. The molecule has 0 amide bonds. The SMILES string of the molecule is Cc1cc(F)ccc1-c1c2cccc(CC(C)C)c2nc[n+]1C. The molecule has 3 rings (SSSR count). The van der Waals surface area contributed by atoms with Crippen LogP contribution in [0.5, 0.6) is 0 Å². The van der Waals surface area contributed by atoms with Crippen molar-refractivity contribution >= 4 is 10.9 Å². The Morgan fingerprint density at radius 3 is 2.65 bits per heavy atom. The van der Waals surface area contributed by atoms with E-state index in [1.54, 1.807) is 6.07 Å². The molecule has 0 unspecified atom stereocenters. The summed E-state index contributed by atoms with van der Waals surface area (Å²) < 4.78 is 15.5. The van der Waals surface area contributed by atoms with Gasteiger partial charge in [0, 0.05) is 11.1 Å². The van der Waals surface area contributed by atoms with Gasteiger partial charge < -0.3 is 0 Å². The number of para-hydroxylation sites is 1. The van der Waals surface area contributed by atoms with Crippen LogP contribution in [0.3, 0.4) is 0 Å². The summed E-state index contributed by atoms with van der Waals surface area (Å²) in [6.07, 6.45) is 2.85. The Balaban J connectivity index is 2.30. The first-order valence-corrected chi connectivity index (χ1v) is 8.00. The fourth-order valence-corrected chi connectivity index (χ4v) is 3.16. The van der Waals surface area contributed by atoms with Crippen LogP contribution in [0.25, 0.3) is 22.2 Å². The molecule has 1 aromatic heterocycles. The molecule has 0 fully saturated rings. The molecule has 0 aliphatic rings. The first kappa shape index (κ1) is 15.6. The van der Waals surface area contributed by atoms with Gasteiger partial charge in [-0.05, 0) is 54.1 Å². The van der Waals surface area contributed by atoms with Crippen molar-refractivity contribution in [2.24, 2.45) is 13.0 Å². The molecule has 0 saturated carbocycles. The second-order valence-electron chi connectivity index (χ2n) is 6.57. The van der Waals surface area contributed by atoms with Gasteiger partial charge in [-0.25, -0.2) is 8.96 Å². The number of hydrogen-bond donors (Lipinski definition) is 0. The number of fused-ring (bicyclic) bond motifs is 1. The lowest BCUT2D eigenvalue weighted by Crippen LogP contribution is -2.32. The van der Waals surface area contributed by atoms with Crippen LogP contribution in [-0.4, -0.2) is 4.98 Å². The summed E-state index contributed by atoms with van der Waals surface area (Å²) in [4.78, 5) is 4.66. The van der Waals surface area contributed by atoms with Gasteiger partial charge in [-0.1, -0.05) is 26.0 Å². The molecule has 0 spiro atoms. The highest BCUT2D eigenvalue weighted by atomic mass is 19.1. The molecule has 3 heteroatoms. The quantitative estimate of drug-likeness (QED) is 0.656. The molecule has 0 aliphatic carbocycles. The summed E-state index contributed by atoms with van der Waals surface area (Å²) in [6, 6.07) is 11.3. The topological polar surface area (TPSA) is 16.8 Å². The summed E-state index contributed by atoms with van der Waals surface area (Å²) in [7, 11) is 1.99. The van der Waals surface area contributed by atoms with Gasteiger partial charge in [-0.15, -0.1) is 0 Å². The number of benzene rings is 2. The smallest absolute Gasteiger partial charge is 0.232 e. The zero-order valence-electron chi connectivity index (χ0n) is 14.1. The lowest BCUT2D eigenvalue weighted by molar-refractivity contribution is -0.662. The zero-order valence-corrected chi connectivity index (χ0v) is 14.1. The summed E-state index contributed by atoms with van der Waals surface area (Å²) >= 11 is 0. The van der Waals surface area contributed by atoms with Crippen LogP contribution in [0.1, 0.15) is 25.0 Å². The van der Waals surface area contributed by atoms with Crippen molar-refractivity contribution in [2.45, 2.75) is 27.2 Å². The first-order valence-electron chi connectivity index (χ1n) is 8.00. The number of nitrogens with zero attached hydrogens (tertiary/aromatic N) is 2. The van der Waals surface area contributed by atoms with Crippen LogP contribution >= 0.6 is 0 Å². The second-order valence-corrected chi connectivity index (χ2v) is 6.57. The predicted molar refractivity (Wildman–Crippen MR) is 91.6 cm³/mol. The largest absolute Gasteiger partial charge is 0.287 e. The molecule has 118 valence electrons. The van der Waals surface area contributed by atoms with Crippen LogP contribution in [0.15, 0.2) is 42.7 Å². The minimum atomic E-state index is -0.201. The van der Waals surface area contributed by atoms with Gasteiger partial charge in [0.05, 0.1) is 12.4 Å². The van der Waals surface area contributed by atoms with Gasteiger partial charge in [0.2, 0.25) is 0 Å². The van der Waals surface area contributed by atoms with Gasteiger partial charge in [-0.3, -0.25) is 0 Å². The van der Waals surface area contributed by atoms with Crippen molar-refractivity contribution in [3.63, 3.8) is 0 Å². The van der Waals surface area contributed by atoms with Crippen molar-refractivity contribution in [1.82, 2.24) is 4.98 Å². The predicted octanol–water partition coefficient (Wildman–Crippen LogP) is 4.37. The third-order valence-electron chi connectivity index (χ3n) is 4.16. The fourth-order valence-electron chi connectivity index (χ4n) is 3.16. The van der Waals surface area contributed by atoms with Crippen molar-refractivity contribution < 1.29 is 8.96 Å². The Morgan fingerprint density at radius 1 is 1.17 bits per heavy atom. The summed E-state index contributed by atoms with van der Waals surface area (Å²) in [5.74, 6) is 0.375. The molecule has 0 saturated heterocycles. The average Bonchev–Trinajstić information content (AvgIpc) is 2.48. The molecule has 2 aromatic carbocycles. The average molecular weight is 309 g/mol. The Bertz CT molecular complexity index is 869. The first-order chi connectivity index (χ1) is 11.0. The van der Waals surface area contributed by atoms with E-state index in [0.29, 0.717) is 5.92 Å². The van der Waals surface area contributed by atoms with E-state index in [-0.39, 0.29) is 5.82 Å². The Labute approximate surface area is 136 Å². The Morgan fingerprint density at radius 2 is 1.96 bits per heavy atom. The number of aryl methyl sites for hydroxylation is 2. The van der Waals surface area contributed by atoms with E-state index in [2.05, 4.69) is 37.0 Å². The molecule has 23 heavy (non-hydrogen) atoms. The number of halogens is 1. The van der Waals surface area contributed by atoms with Crippen LogP contribution in [0, 0.1) is 18.7 Å². The highest BCUT2D eigenvalue weighted by molar-refractivity contribution is 5.93. The summed E-state index contributed by atoms with van der Waals surface area (Å²) in [5, 5.41) is 1.11. The minimum Gasteiger partial charge on any atom is -0.232 e. The molecule has 2 nitrogen and oxygen atoms in total. The van der Waals surface area contributed by atoms with Crippen molar-refractivity contribution in [3.05, 3.63) is 59.7 Å². The number of aromatic nitrogens is 2. The molecule has 0 bridgehead atoms. The third kappa shape index (κ3) is 2.96. The maximum Gasteiger partial charge on any atom is 0.287 e. The maximum absolute atomic E-state index is 13.5. The summed E-state index contributed by atoms with van der Waals surface area (Å²) in [6.45, 7) is 6.38. The molecule has 1 heterocycles. The molecule has 3 aromatic rings.